The van der Waals surface area contributed by atoms with Crippen LogP contribution in [0.4, 0.5) is 0 Å². The SMILES string of the molecule is O=C(c1nccc2ccccc12)N1CCC(CCBr)C1. The van der Waals surface area contributed by atoms with E-state index in [1.807, 2.05) is 35.2 Å². The molecule has 2 heterocycles. The van der Waals surface area contributed by atoms with E-state index in [-0.39, 0.29) is 5.91 Å². The van der Waals surface area contributed by atoms with Gasteiger partial charge in [0.2, 0.25) is 0 Å². The molecule has 1 amide bonds. The van der Waals surface area contributed by atoms with Gasteiger partial charge in [0.15, 0.2) is 0 Å². The number of alkyl halides is 1. The molecular weight excluding hydrogens is 316 g/mol. The number of pyridine rings is 1. The van der Waals surface area contributed by atoms with Gasteiger partial charge >= 0.3 is 0 Å². The number of amides is 1. The summed E-state index contributed by atoms with van der Waals surface area (Å²) in [5.74, 6) is 0.687. The number of halogens is 1. The zero-order chi connectivity index (χ0) is 13.9. The van der Waals surface area contributed by atoms with Gasteiger partial charge in [-0.25, -0.2) is 0 Å². The lowest BCUT2D eigenvalue weighted by atomic mass is 10.1. The summed E-state index contributed by atoms with van der Waals surface area (Å²) in [4.78, 5) is 18.9. The van der Waals surface area contributed by atoms with E-state index in [1.165, 1.54) is 0 Å². The second-order valence-corrected chi connectivity index (χ2v) is 6.06. The third-order valence-corrected chi connectivity index (χ3v) is 4.42. The van der Waals surface area contributed by atoms with E-state index in [4.69, 9.17) is 0 Å². The lowest BCUT2D eigenvalue weighted by Crippen LogP contribution is -2.29. The Labute approximate surface area is 127 Å². The van der Waals surface area contributed by atoms with Crippen molar-refractivity contribution in [1.29, 1.82) is 0 Å². The van der Waals surface area contributed by atoms with Crippen molar-refractivity contribution in [2.75, 3.05) is 18.4 Å². The van der Waals surface area contributed by atoms with Gasteiger partial charge in [-0.1, -0.05) is 40.2 Å². The number of likely N-dealkylation sites (tertiary alicyclic amines) is 1. The number of carbonyl (C=O) groups is 1. The molecule has 0 N–H and O–H groups in total. The average Bonchev–Trinajstić information content (AvgIpc) is 2.95. The van der Waals surface area contributed by atoms with E-state index in [0.717, 1.165) is 42.0 Å². The monoisotopic (exact) mass is 332 g/mol. The van der Waals surface area contributed by atoms with Crippen molar-refractivity contribution in [2.45, 2.75) is 12.8 Å². The molecule has 104 valence electrons. The molecule has 0 saturated carbocycles. The highest BCUT2D eigenvalue weighted by molar-refractivity contribution is 9.09. The van der Waals surface area contributed by atoms with Gasteiger partial charge in [-0.05, 0) is 30.2 Å². The summed E-state index contributed by atoms with van der Waals surface area (Å²) in [6.07, 6.45) is 3.95. The van der Waals surface area contributed by atoms with Gasteiger partial charge in [0.1, 0.15) is 5.69 Å². The quantitative estimate of drug-likeness (QED) is 0.806. The second-order valence-electron chi connectivity index (χ2n) is 5.26. The molecule has 20 heavy (non-hydrogen) atoms. The number of hydrogen-bond acceptors (Lipinski definition) is 2. The van der Waals surface area contributed by atoms with Crippen molar-refractivity contribution in [3.63, 3.8) is 0 Å². The van der Waals surface area contributed by atoms with Crippen LogP contribution in [0.25, 0.3) is 10.8 Å². The Balaban J connectivity index is 1.86. The maximum absolute atomic E-state index is 12.7. The molecule has 2 aromatic rings. The van der Waals surface area contributed by atoms with Crippen molar-refractivity contribution < 1.29 is 4.79 Å². The fourth-order valence-electron chi connectivity index (χ4n) is 2.85. The van der Waals surface area contributed by atoms with Crippen LogP contribution in [0.5, 0.6) is 0 Å². The Morgan fingerprint density at radius 2 is 2.20 bits per heavy atom. The lowest BCUT2D eigenvalue weighted by Gasteiger charge is -2.16. The number of fused-ring (bicyclic) bond motifs is 1. The summed E-state index contributed by atoms with van der Waals surface area (Å²) in [7, 11) is 0. The molecule has 0 bridgehead atoms. The first-order chi connectivity index (χ1) is 9.79. The van der Waals surface area contributed by atoms with E-state index in [2.05, 4.69) is 20.9 Å². The molecule has 1 aromatic heterocycles. The highest BCUT2D eigenvalue weighted by atomic mass is 79.9. The second kappa shape index (κ2) is 5.92. The summed E-state index contributed by atoms with van der Waals surface area (Å²) < 4.78 is 0. The van der Waals surface area contributed by atoms with E-state index < -0.39 is 0 Å². The van der Waals surface area contributed by atoms with Gasteiger partial charge in [0, 0.05) is 30.0 Å². The number of aromatic nitrogens is 1. The molecule has 1 saturated heterocycles. The van der Waals surface area contributed by atoms with Crippen LogP contribution < -0.4 is 0 Å². The summed E-state index contributed by atoms with van der Waals surface area (Å²) in [5, 5.41) is 3.03. The molecule has 0 spiro atoms. The van der Waals surface area contributed by atoms with Gasteiger partial charge in [-0.15, -0.1) is 0 Å². The molecular formula is C16H17BrN2O. The molecule has 3 nitrogen and oxygen atoms in total. The minimum atomic E-state index is 0.0684. The Morgan fingerprint density at radius 1 is 1.35 bits per heavy atom. The summed E-state index contributed by atoms with van der Waals surface area (Å²) >= 11 is 3.48. The van der Waals surface area contributed by atoms with Gasteiger partial charge in [-0.2, -0.15) is 0 Å². The van der Waals surface area contributed by atoms with Crippen molar-refractivity contribution in [1.82, 2.24) is 9.88 Å². The minimum absolute atomic E-state index is 0.0684. The van der Waals surface area contributed by atoms with Crippen LogP contribution in [0, 0.1) is 5.92 Å². The number of hydrogen-bond donors (Lipinski definition) is 0. The topological polar surface area (TPSA) is 33.2 Å². The molecule has 4 heteroatoms. The largest absolute Gasteiger partial charge is 0.337 e. The van der Waals surface area contributed by atoms with Crippen LogP contribution >= 0.6 is 15.9 Å². The molecule has 3 rings (SSSR count). The van der Waals surface area contributed by atoms with E-state index in [9.17, 15) is 4.79 Å². The van der Waals surface area contributed by atoms with Gasteiger partial charge in [0.05, 0.1) is 0 Å². The van der Waals surface area contributed by atoms with Crippen LogP contribution in [-0.2, 0) is 0 Å². The predicted molar refractivity (Wildman–Crippen MR) is 84.2 cm³/mol. The first-order valence-corrected chi connectivity index (χ1v) is 8.10. The van der Waals surface area contributed by atoms with Crippen LogP contribution in [0.3, 0.4) is 0 Å². The Bertz CT molecular complexity index is 623. The van der Waals surface area contributed by atoms with Crippen LogP contribution in [0.1, 0.15) is 23.3 Å². The third-order valence-electron chi connectivity index (χ3n) is 3.97. The third kappa shape index (κ3) is 2.57. The van der Waals surface area contributed by atoms with Crippen molar-refractivity contribution >= 4 is 32.6 Å². The molecule has 1 aromatic carbocycles. The van der Waals surface area contributed by atoms with Crippen molar-refractivity contribution in [3.05, 3.63) is 42.2 Å². The number of rotatable bonds is 3. The zero-order valence-corrected chi connectivity index (χ0v) is 12.8. The van der Waals surface area contributed by atoms with Crippen LogP contribution in [0.2, 0.25) is 0 Å². The van der Waals surface area contributed by atoms with Gasteiger partial charge in [0.25, 0.3) is 5.91 Å². The van der Waals surface area contributed by atoms with Crippen molar-refractivity contribution in [3.8, 4) is 0 Å². The Kier molecular flexibility index (Phi) is 4.01. The molecule has 1 unspecified atom stereocenters. The number of benzene rings is 1. The minimum Gasteiger partial charge on any atom is -0.337 e. The normalized spacial score (nSPS) is 18.6. The van der Waals surface area contributed by atoms with Crippen LogP contribution in [0.15, 0.2) is 36.5 Å². The lowest BCUT2D eigenvalue weighted by molar-refractivity contribution is 0.0783. The highest BCUT2D eigenvalue weighted by Gasteiger charge is 2.27. The number of nitrogens with zero attached hydrogens (tertiary/aromatic N) is 2. The Hall–Kier alpha value is -1.42. The summed E-state index contributed by atoms with van der Waals surface area (Å²) in [5.41, 5.74) is 0.586. The molecule has 0 radical (unpaired) electrons. The maximum atomic E-state index is 12.7. The maximum Gasteiger partial charge on any atom is 0.273 e. The van der Waals surface area contributed by atoms with Gasteiger partial charge in [-0.3, -0.25) is 9.78 Å². The van der Waals surface area contributed by atoms with E-state index >= 15 is 0 Å². The molecule has 1 aliphatic heterocycles. The van der Waals surface area contributed by atoms with E-state index in [1.54, 1.807) is 6.20 Å². The zero-order valence-electron chi connectivity index (χ0n) is 11.3. The van der Waals surface area contributed by atoms with Gasteiger partial charge < -0.3 is 4.90 Å². The molecule has 0 aliphatic carbocycles. The smallest absolute Gasteiger partial charge is 0.273 e. The molecule has 1 atom stereocenters. The average molecular weight is 333 g/mol. The standard InChI is InChI=1S/C16H17BrN2O/c17-8-5-12-7-10-19(11-12)16(20)15-14-4-2-1-3-13(14)6-9-18-15/h1-4,6,9,12H,5,7-8,10-11H2. The molecule has 1 aliphatic rings. The first-order valence-electron chi connectivity index (χ1n) is 6.98. The highest BCUT2D eigenvalue weighted by Crippen LogP contribution is 2.24. The summed E-state index contributed by atoms with van der Waals surface area (Å²) in [6.45, 7) is 1.71. The fraction of sp³-hybridized carbons (Fsp3) is 0.375. The van der Waals surface area contributed by atoms with Crippen LogP contribution in [-0.4, -0.2) is 34.2 Å². The van der Waals surface area contributed by atoms with Crippen molar-refractivity contribution in [2.24, 2.45) is 5.92 Å². The van der Waals surface area contributed by atoms with E-state index in [0.29, 0.717) is 11.6 Å². The number of carbonyl (C=O) groups excluding carboxylic acids is 1. The Morgan fingerprint density at radius 3 is 3.05 bits per heavy atom. The fourth-order valence-corrected chi connectivity index (χ4v) is 3.49. The molecule has 1 fully saturated rings. The summed E-state index contributed by atoms with van der Waals surface area (Å²) in [6, 6.07) is 9.88. The first kappa shape index (κ1) is 13.6. The predicted octanol–water partition coefficient (Wildman–Crippen LogP) is 3.48.